The van der Waals surface area contributed by atoms with Crippen LogP contribution in [0.25, 0.3) is 0 Å². The van der Waals surface area contributed by atoms with Crippen molar-refractivity contribution in [3.63, 3.8) is 0 Å². The molecule has 3 aliphatic rings. The maximum atomic E-state index is 12.9. The van der Waals surface area contributed by atoms with Gasteiger partial charge in [0.25, 0.3) is 0 Å². The van der Waals surface area contributed by atoms with E-state index < -0.39 is 10.0 Å². The predicted molar refractivity (Wildman–Crippen MR) is 91.4 cm³/mol. The number of fused-ring (bicyclic) bond motifs is 1. The Morgan fingerprint density at radius 3 is 2.48 bits per heavy atom. The second-order valence-electron chi connectivity index (χ2n) is 8.45. The molecule has 2 unspecified atom stereocenters. The van der Waals surface area contributed by atoms with Crippen LogP contribution in [0, 0.1) is 16.7 Å². The zero-order valence-corrected chi connectivity index (χ0v) is 15.6. The third kappa shape index (κ3) is 2.37. The Labute approximate surface area is 141 Å². The summed E-state index contributed by atoms with van der Waals surface area (Å²) in [5.41, 5.74) is -0.144. The minimum absolute atomic E-state index is 0.0426. The van der Waals surface area contributed by atoms with Crippen molar-refractivity contribution in [2.45, 2.75) is 83.8 Å². The van der Waals surface area contributed by atoms with E-state index in [-0.39, 0.29) is 22.0 Å². The summed E-state index contributed by atoms with van der Waals surface area (Å²) in [5.74, 6) is 0.345. The number of amides is 1. The molecule has 23 heavy (non-hydrogen) atoms. The Hall–Kier alpha value is -0.580. The van der Waals surface area contributed by atoms with Crippen LogP contribution in [0.2, 0.25) is 0 Å². The topological polar surface area (TPSA) is 54.5 Å². The van der Waals surface area contributed by atoms with Crippen molar-refractivity contribution in [1.29, 1.82) is 0 Å². The van der Waals surface area contributed by atoms with E-state index in [2.05, 4.69) is 20.8 Å². The molecule has 0 aromatic carbocycles. The molecule has 5 heteroatoms. The first-order valence-electron chi connectivity index (χ1n) is 9.32. The van der Waals surface area contributed by atoms with Crippen molar-refractivity contribution in [2.24, 2.45) is 16.7 Å². The van der Waals surface area contributed by atoms with E-state index in [1.165, 1.54) is 17.1 Å². The number of hydrogen-bond donors (Lipinski definition) is 0. The first kappa shape index (κ1) is 17.2. The first-order valence-corrected chi connectivity index (χ1v) is 10.8. The van der Waals surface area contributed by atoms with Gasteiger partial charge < -0.3 is 0 Å². The summed E-state index contributed by atoms with van der Waals surface area (Å²) < 4.78 is 27.1. The predicted octanol–water partition coefficient (Wildman–Crippen LogP) is 3.71. The van der Waals surface area contributed by atoms with Crippen LogP contribution >= 0.6 is 0 Å². The van der Waals surface area contributed by atoms with Crippen LogP contribution < -0.4 is 0 Å². The van der Waals surface area contributed by atoms with Gasteiger partial charge in [-0.1, -0.05) is 46.5 Å². The molecule has 1 amide bonds. The van der Waals surface area contributed by atoms with Crippen molar-refractivity contribution >= 4 is 15.9 Å². The minimum Gasteiger partial charge on any atom is -0.274 e. The van der Waals surface area contributed by atoms with Crippen LogP contribution in [0.3, 0.4) is 0 Å². The van der Waals surface area contributed by atoms with Crippen LogP contribution in [0.15, 0.2) is 0 Å². The highest BCUT2D eigenvalue weighted by Gasteiger charge is 2.72. The second-order valence-corrected chi connectivity index (χ2v) is 10.5. The number of carbonyl (C=O) groups excluding carboxylic acids is 1. The Morgan fingerprint density at radius 2 is 1.87 bits per heavy atom. The number of nitrogens with zero attached hydrogens (tertiary/aromatic N) is 1. The number of hydrogen-bond acceptors (Lipinski definition) is 3. The van der Waals surface area contributed by atoms with Crippen molar-refractivity contribution < 1.29 is 13.2 Å². The Bertz CT molecular complexity index is 583. The summed E-state index contributed by atoms with van der Waals surface area (Å²) >= 11 is 0. The highest BCUT2D eigenvalue weighted by atomic mass is 32.2. The van der Waals surface area contributed by atoms with Gasteiger partial charge in [0.2, 0.25) is 15.9 Å². The van der Waals surface area contributed by atoms with Crippen molar-refractivity contribution in [3.05, 3.63) is 0 Å². The van der Waals surface area contributed by atoms with Gasteiger partial charge in [0, 0.05) is 18.4 Å². The molecule has 2 aliphatic carbocycles. The average Bonchev–Trinajstić information content (AvgIpc) is 2.98. The van der Waals surface area contributed by atoms with Gasteiger partial charge in [-0.25, -0.2) is 12.7 Å². The van der Waals surface area contributed by atoms with Crippen molar-refractivity contribution in [1.82, 2.24) is 4.31 Å². The Morgan fingerprint density at radius 1 is 1.17 bits per heavy atom. The molecule has 132 valence electrons. The van der Waals surface area contributed by atoms with Gasteiger partial charge in [0.05, 0.1) is 5.25 Å². The fourth-order valence-electron chi connectivity index (χ4n) is 5.52. The summed E-state index contributed by atoms with van der Waals surface area (Å²) in [4.78, 5) is 12.6. The van der Waals surface area contributed by atoms with Crippen molar-refractivity contribution in [3.8, 4) is 0 Å². The SMILES string of the molecule is CCCCCCCC(=O)N1C[C@@]23CCC(CC2S1(=O)=O)C3(C)C. The molecule has 3 rings (SSSR count). The van der Waals surface area contributed by atoms with E-state index in [1.54, 1.807) is 0 Å². The highest BCUT2D eigenvalue weighted by Crippen LogP contribution is 2.70. The minimum atomic E-state index is -3.44. The molecule has 0 radical (unpaired) electrons. The maximum Gasteiger partial charge on any atom is 0.240 e. The molecule has 1 saturated heterocycles. The first-order chi connectivity index (χ1) is 10.8. The zero-order valence-electron chi connectivity index (χ0n) is 14.8. The normalized spacial score (nSPS) is 36.4. The quantitative estimate of drug-likeness (QED) is 0.692. The van der Waals surface area contributed by atoms with Gasteiger partial charge in [-0.2, -0.15) is 0 Å². The fourth-order valence-corrected chi connectivity index (χ4v) is 8.15. The molecule has 1 heterocycles. The van der Waals surface area contributed by atoms with E-state index in [9.17, 15) is 13.2 Å². The number of unbranched alkanes of at least 4 members (excludes halogenated alkanes) is 4. The van der Waals surface area contributed by atoms with Gasteiger partial charge in [-0.3, -0.25) is 4.79 Å². The largest absolute Gasteiger partial charge is 0.274 e. The summed E-state index contributed by atoms with van der Waals surface area (Å²) in [6.07, 6.45) is 8.58. The molecule has 1 spiro atoms. The number of sulfonamides is 1. The van der Waals surface area contributed by atoms with Gasteiger partial charge in [-0.15, -0.1) is 0 Å². The van der Waals surface area contributed by atoms with E-state index >= 15 is 0 Å². The van der Waals surface area contributed by atoms with E-state index in [1.807, 2.05) is 0 Å². The monoisotopic (exact) mass is 341 g/mol. The summed E-state index contributed by atoms with van der Waals surface area (Å²) in [7, 11) is -3.44. The van der Waals surface area contributed by atoms with E-state index in [4.69, 9.17) is 0 Å². The van der Waals surface area contributed by atoms with Gasteiger partial charge in [-0.05, 0) is 37.0 Å². The summed E-state index contributed by atoms with van der Waals surface area (Å²) in [6, 6.07) is 0. The molecule has 2 bridgehead atoms. The standard InChI is InChI=1S/C18H31NO3S/c1-4-5-6-7-8-9-16(20)19-13-18-11-10-14(17(18,2)3)12-15(18)23(19,21)22/h14-15H,4-13H2,1-3H3/t14?,15?,18-/m0/s1. The van der Waals surface area contributed by atoms with Crippen LogP contribution in [-0.2, 0) is 14.8 Å². The molecule has 4 nitrogen and oxygen atoms in total. The smallest absolute Gasteiger partial charge is 0.240 e. The number of carbonyl (C=O) groups is 1. The molecule has 1 aliphatic heterocycles. The molecule has 3 atom stereocenters. The van der Waals surface area contributed by atoms with Crippen LogP contribution in [0.1, 0.15) is 78.6 Å². The van der Waals surface area contributed by atoms with Crippen molar-refractivity contribution in [2.75, 3.05) is 6.54 Å². The Kier molecular flexibility index (Phi) is 4.31. The molecule has 0 aromatic heterocycles. The lowest BCUT2D eigenvalue weighted by Gasteiger charge is -2.36. The Balaban J connectivity index is 1.69. The lowest BCUT2D eigenvalue weighted by Crippen LogP contribution is -2.39. The van der Waals surface area contributed by atoms with E-state index in [0.29, 0.717) is 18.9 Å². The lowest BCUT2D eigenvalue weighted by molar-refractivity contribution is -0.127. The summed E-state index contributed by atoms with van der Waals surface area (Å²) in [5, 5.41) is -0.312. The van der Waals surface area contributed by atoms with Gasteiger partial charge in [0.15, 0.2) is 0 Å². The molecule has 0 aromatic rings. The molecule has 2 saturated carbocycles. The fraction of sp³-hybridized carbons (Fsp3) is 0.944. The van der Waals surface area contributed by atoms with E-state index in [0.717, 1.165) is 38.5 Å². The van der Waals surface area contributed by atoms with Crippen LogP contribution in [0.4, 0.5) is 0 Å². The third-order valence-corrected chi connectivity index (χ3v) is 9.53. The summed E-state index contributed by atoms with van der Waals surface area (Å²) in [6.45, 7) is 7.05. The number of rotatable bonds is 6. The third-order valence-electron chi connectivity index (χ3n) is 7.22. The zero-order chi connectivity index (χ0) is 16.9. The van der Waals surface area contributed by atoms with Gasteiger partial charge >= 0.3 is 0 Å². The molecule has 0 N–H and O–H groups in total. The second kappa shape index (κ2) is 5.75. The van der Waals surface area contributed by atoms with Crippen LogP contribution in [-0.4, -0.2) is 30.4 Å². The van der Waals surface area contributed by atoms with Crippen LogP contribution in [0.5, 0.6) is 0 Å². The molecular formula is C18H31NO3S. The maximum absolute atomic E-state index is 12.9. The molecule has 3 fully saturated rings. The molecular weight excluding hydrogens is 310 g/mol. The lowest BCUT2D eigenvalue weighted by atomic mass is 9.69. The highest BCUT2D eigenvalue weighted by molar-refractivity contribution is 7.90. The average molecular weight is 342 g/mol. The van der Waals surface area contributed by atoms with Gasteiger partial charge in [0.1, 0.15) is 0 Å².